The van der Waals surface area contributed by atoms with Gasteiger partial charge in [-0.2, -0.15) is 0 Å². The maximum Gasteiger partial charge on any atom is 0.338 e. The van der Waals surface area contributed by atoms with E-state index < -0.39 is 5.97 Å². The van der Waals surface area contributed by atoms with Crippen molar-refractivity contribution >= 4 is 17.6 Å². The molecule has 0 spiro atoms. The van der Waals surface area contributed by atoms with Gasteiger partial charge < -0.3 is 10.1 Å². The molecule has 0 aliphatic carbocycles. The maximum absolute atomic E-state index is 11.9. The number of anilines is 1. The van der Waals surface area contributed by atoms with Gasteiger partial charge in [0.05, 0.1) is 5.56 Å². The third kappa shape index (κ3) is 4.19. The lowest BCUT2D eigenvalue weighted by Crippen LogP contribution is -2.21. The minimum atomic E-state index is -0.491. The molecule has 0 aliphatic rings. The number of hydrogen-bond acceptors (Lipinski definition) is 3. The molecule has 0 unspecified atom stereocenters. The predicted molar refractivity (Wildman–Crippen MR) is 85.9 cm³/mol. The van der Waals surface area contributed by atoms with Crippen molar-refractivity contribution in [1.29, 1.82) is 0 Å². The summed E-state index contributed by atoms with van der Waals surface area (Å²) in [6.45, 7) is 3.59. The smallest absolute Gasteiger partial charge is 0.338 e. The standard InChI is InChI=1S/C18H19NO3/c1-3-14-8-10-15(11-9-14)19-17(20)12-22-18(21)16-7-5-4-6-13(16)2/h4-11H,3,12H2,1-2H3,(H,19,20). The Kier molecular flexibility index (Phi) is 5.31. The minimum Gasteiger partial charge on any atom is -0.452 e. The first-order chi connectivity index (χ1) is 10.6. The second-order valence-electron chi connectivity index (χ2n) is 4.99. The minimum absolute atomic E-state index is 0.303. The van der Waals surface area contributed by atoms with Crippen LogP contribution in [-0.2, 0) is 16.0 Å². The van der Waals surface area contributed by atoms with Gasteiger partial charge >= 0.3 is 5.97 Å². The van der Waals surface area contributed by atoms with Crippen LogP contribution in [0.4, 0.5) is 5.69 Å². The molecule has 0 heterocycles. The molecule has 114 valence electrons. The molecule has 2 aromatic carbocycles. The highest BCUT2D eigenvalue weighted by Crippen LogP contribution is 2.11. The molecule has 0 aliphatic heterocycles. The van der Waals surface area contributed by atoms with Gasteiger partial charge in [0.15, 0.2) is 6.61 Å². The number of hydrogen-bond donors (Lipinski definition) is 1. The fourth-order valence-electron chi connectivity index (χ4n) is 2.03. The normalized spacial score (nSPS) is 10.1. The zero-order valence-electron chi connectivity index (χ0n) is 12.8. The quantitative estimate of drug-likeness (QED) is 0.861. The molecule has 0 atom stereocenters. The van der Waals surface area contributed by atoms with Gasteiger partial charge in [0.1, 0.15) is 0 Å². The Morgan fingerprint density at radius 2 is 1.73 bits per heavy atom. The Morgan fingerprint density at radius 1 is 1.05 bits per heavy atom. The van der Waals surface area contributed by atoms with Gasteiger partial charge in [-0.25, -0.2) is 4.79 Å². The second-order valence-corrected chi connectivity index (χ2v) is 4.99. The zero-order valence-corrected chi connectivity index (χ0v) is 12.8. The summed E-state index contributed by atoms with van der Waals surface area (Å²) in [5.41, 5.74) is 3.18. The number of benzene rings is 2. The maximum atomic E-state index is 11.9. The highest BCUT2D eigenvalue weighted by molar-refractivity contribution is 5.96. The Balaban J connectivity index is 1.87. The average Bonchev–Trinajstić information content (AvgIpc) is 2.54. The molecule has 22 heavy (non-hydrogen) atoms. The number of aryl methyl sites for hydroxylation is 2. The molecule has 0 aromatic heterocycles. The van der Waals surface area contributed by atoms with E-state index in [-0.39, 0.29) is 12.5 Å². The molecular formula is C18H19NO3. The van der Waals surface area contributed by atoms with E-state index in [4.69, 9.17) is 4.74 Å². The van der Waals surface area contributed by atoms with E-state index in [1.807, 2.05) is 43.3 Å². The van der Waals surface area contributed by atoms with E-state index in [0.717, 1.165) is 12.0 Å². The molecule has 0 radical (unpaired) electrons. The lowest BCUT2D eigenvalue weighted by Gasteiger charge is -2.08. The molecular weight excluding hydrogens is 278 g/mol. The van der Waals surface area contributed by atoms with Crippen LogP contribution in [0, 0.1) is 6.92 Å². The summed E-state index contributed by atoms with van der Waals surface area (Å²) < 4.78 is 5.04. The molecule has 0 saturated carbocycles. The molecule has 4 heteroatoms. The van der Waals surface area contributed by atoms with Crippen molar-refractivity contribution in [2.75, 3.05) is 11.9 Å². The van der Waals surface area contributed by atoms with Crippen LogP contribution in [0.2, 0.25) is 0 Å². The third-order valence-electron chi connectivity index (χ3n) is 3.35. The van der Waals surface area contributed by atoms with Crippen molar-refractivity contribution in [1.82, 2.24) is 0 Å². The number of carbonyl (C=O) groups is 2. The Morgan fingerprint density at radius 3 is 2.36 bits per heavy atom. The van der Waals surface area contributed by atoms with E-state index in [0.29, 0.717) is 11.3 Å². The van der Waals surface area contributed by atoms with Crippen molar-refractivity contribution in [2.45, 2.75) is 20.3 Å². The first-order valence-corrected chi connectivity index (χ1v) is 7.21. The number of nitrogens with one attached hydrogen (secondary N) is 1. The van der Waals surface area contributed by atoms with E-state index >= 15 is 0 Å². The SMILES string of the molecule is CCc1ccc(NC(=O)COC(=O)c2ccccc2C)cc1. The predicted octanol–water partition coefficient (Wildman–Crippen LogP) is 3.35. The molecule has 1 amide bonds. The fraction of sp³-hybridized carbons (Fsp3) is 0.222. The van der Waals surface area contributed by atoms with Crippen LogP contribution in [0.15, 0.2) is 48.5 Å². The monoisotopic (exact) mass is 297 g/mol. The van der Waals surface area contributed by atoms with Crippen LogP contribution in [0.1, 0.15) is 28.4 Å². The molecule has 2 rings (SSSR count). The highest BCUT2D eigenvalue weighted by atomic mass is 16.5. The van der Waals surface area contributed by atoms with Crippen LogP contribution < -0.4 is 5.32 Å². The topological polar surface area (TPSA) is 55.4 Å². The Bertz CT molecular complexity index is 662. The molecule has 0 bridgehead atoms. The fourth-order valence-corrected chi connectivity index (χ4v) is 2.03. The van der Waals surface area contributed by atoms with E-state index in [2.05, 4.69) is 12.2 Å². The van der Waals surface area contributed by atoms with E-state index in [9.17, 15) is 9.59 Å². The summed E-state index contributed by atoms with van der Waals surface area (Å²) >= 11 is 0. The summed E-state index contributed by atoms with van der Waals surface area (Å²) in [4.78, 5) is 23.7. The Labute approximate surface area is 130 Å². The van der Waals surface area contributed by atoms with Crippen molar-refractivity contribution in [3.05, 3.63) is 65.2 Å². The van der Waals surface area contributed by atoms with Crippen molar-refractivity contribution in [3.8, 4) is 0 Å². The first kappa shape index (κ1) is 15.8. The summed E-state index contributed by atoms with van der Waals surface area (Å²) in [5, 5.41) is 2.70. The lowest BCUT2D eigenvalue weighted by atomic mass is 10.1. The van der Waals surface area contributed by atoms with Gasteiger partial charge in [-0.1, -0.05) is 37.3 Å². The van der Waals surface area contributed by atoms with Crippen molar-refractivity contribution in [2.24, 2.45) is 0 Å². The first-order valence-electron chi connectivity index (χ1n) is 7.21. The number of ether oxygens (including phenoxy) is 1. The molecule has 4 nitrogen and oxygen atoms in total. The molecule has 2 aromatic rings. The van der Waals surface area contributed by atoms with Crippen LogP contribution in [0.3, 0.4) is 0 Å². The molecule has 0 saturated heterocycles. The van der Waals surface area contributed by atoms with E-state index in [1.165, 1.54) is 5.56 Å². The molecule has 0 fully saturated rings. The van der Waals surface area contributed by atoms with Gasteiger partial charge in [0.25, 0.3) is 5.91 Å². The number of carbonyl (C=O) groups excluding carboxylic acids is 2. The van der Waals surface area contributed by atoms with Gasteiger partial charge in [0, 0.05) is 5.69 Å². The van der Waals surface area contributed by atoms with Gasteiger partial charge in [-0.15, -0.1) is 0 Å². The van der Waals surface area contributed by atoms with Crippen LogP contribution in [0.25, 0.3) is 0 Å². The van der Waals surface area contributed by atoms with Gasteiger partial charge in [0.2, 0.25) is 0 Å². The van der Waals surface area contributed by atoms with Crippen LogP contribution >= 0.6 is 0 Å². The summed E-state index contributed by atoms with van der Waals surface area (Å²) in [7, 11) is 0. The van der Waals surface area contributed by atoms with E-state index in [1.54, 1.807) is 12.1 Å². The number of rotatable bonds is 5. The summed E-state index contributed by atoms with van der Waals surface area (Å²) in [5.74, 6) is -0.847. The second kappa shape index (κ2) is 7.41. The average molecular weight is 297 g/mol. The van der Waals surface area contributed by atoms with Crippen molar-refractivity contribution < 1.29 is 14.3 Å². The van der Waals surface area contributed by atoms with Crippen LogP contribution in [0.5, 0.6) is 0 Å². The van der Waals surface area contributed by atoms with Gasteiger partial charge in [-0.3, -0.25) is 4.79 Å². The number of esters is 1. The lowest BCUT2D eigenvalue weighted by molar-refractivity contribution is -0.119. The largest absolute Gasteiger partial charge is 0.452 e. The molecule has 1 N–H and O–H groups in total. The van der Waals surface area contributed by atoms with Crippen molar-refractivity contribution in [3.63, 3.8) is 0 Å². The van der Waals surface area contributed by atoms with Crippen LogP contribution in [-0.4, -0.2) is 18.5 Å². The zero-order chi connectivity index (χ0) is 15.9. The Hall–Kier alpha value is -2.62. The summed E-state index contributed by atoms with van der Waals surface area (Å²) in [6.07, 6.45) is 0.947. The summed E-state index contributed by atoms with van der Waals surface area (Å²) in [6, 6.07) is 14.7. The van der Waals surface area contributed by atoms with Gasteiger partial charge in [-0.05, 0) is 42.7 Å². The number of amides is 1. The highest BCUT2D eigenvalue weighted by Gasteiger charge is 2.12. The third-order valence-corrected chi connectivity index (χ3v) is 3.35.